The van der Waals surface area contributed by atoms with E-state index in [2.05, 4.69) is 102 Å². The molecule has 2 saturated heterocycles. The SMILES string of the molecule is CC(C)[C@H](NC(=O)C(NC(=O)[C@H](Cc1ccc(O)cc1)NC(=O)[C@@H]1CCCN1C(=O)[C@@H]1CCCN1C(=O)[C@H](CS)NC(=O)[C@H](CO)NC(=O)C(NC(=O)[C@H](Cc1ccc(O)cc1)NC(=O)[C@H](CCCNC(=N)N)NC(=O)[C@H](CS)NC(=O)[C@H](C)N)[C@@H](C)O)[C@@H](C)O)C(=O)N[C@@H](CS)C(=O)N[C@@H](C)C(=O)O. The quantitative estimate of drug-likeness (QED) is 0.0128. The van der Waals surface area contributed by atoms with Gasteiger partial charge >= 0.3 is 5.97 Å². The van der Waals surface area contributed by atoms with Gasteiger partial charge in [0.1, 0.15) is 90.0 Å². The molecule has 4 rings (SSSR count). The summed E-state index contributed by atoms with van der Waals surface area (Å²) in [4.78, 5) is 195. The zero-order chi connectivity index (χ0) is 78.7. The van der Waals surface area contributed by atoms with Gasteiger partial charge in [0, 0.05) is 49.7 Å². The van der Waals surface area contributed by atoms with Crippen molar-refractivity contribution in [2.75, 3.05) is 43.5 Å². The lowest BCUT2D eigenvalue weighted by Crippen LogP contribution is -2.63. The maximum absolute atomic E-state index is 14.7. The number of nitrogens with two attached hydrogens (primary N) is 2. The Morgan fingerprint density at radius 3 is 1.36 bits per heavy atom. The third-order valence-electron chi connectivity index (χ3n) is 17.1. The lowest BCUT2D eigenvalue weighted by molar-refractivity contribution is -0.148. The molecule has 2 aromatic carbocycles. The van der Waals surface area contributed by atoms with E-state index in [0.717, 1.165) is 6.92 Å². The van der Waals surface area contributed by atoms with Gasteiger partial charge in [0.2, 0.25) is 76.8 Å². The molecule has 2 aliphatic heterocycles. The maximum atomic E-state index is 14.7. The van der Waals surface area contributed by atoms with Crippen molar-refractivity contribution in [3.63, 3.8) is 0 Å². The van der Waals surface area contributed by atoms with Crippen molar-refractivity contribution in [3.8, 4) is 11.5 Å². The van der Waals surface area contributed by atoms with Crippen LogP contribution in [0, 0.1) is 11.3 Å². The molecular weight excluding hydrogens is 1440 g/mol. The molecule has 0 aromatic heterocycles. The number of likely N-dealkylation sites (tertiary alicyclic amines) is 2. The van der Waals surface area contributed by atoms with Crippen LogP contribution in [0.25, 0.3) is 0 Å². The molecule has 582 valence electrons. The van der Waals surface area contributed by atoms with Crippen LogP contribution < -0.4 is 75.3 Å². The number of rotatable bonds is 40. The highest BCUT2D eigenvalue weighted by Crippen LogP contribution is 2.27. The summed E-state index contributed by atoms with van der Waals surface area (Å²) in [6.07, 6.45) is -3.34. The Labute approximate surface area is 622 Å². The minimum atomic E-state index is -1.93. The number of carbonyl (C=O) groups excluding carboxylic acids is 13. The van der Waals surface area contributed by atoms with Gasteiger partial charge in [-0.25, -0.2) is 0 Å². The summed E-state index contributed by atoms with van der Waals surface area (Å²) in [5.74, 6) is -15.9. The zero-order valence-corrected chi connectivity index (χ0v) is 61.5. The first-order chi connectivity index (χ1) is 49.5. The smallest absolute Gasteiger partial charge is 0.325 e. The molecule has 16 atom stereocenters. The first kappa shape index (κ1) is 88.2. The average Bonchev–Trinajstić information content (AvgIpc) is 1.72. The molecule has 2 aromatic rings. The van der Waals surface area contributed by atoms with Crippen molar-refractivity contribution >= 4 is 127 Å². The molecule has 0 spiro atoms. The van der Waals surface area contributed by atoms with E-state index in [0.29, 0.717) is 11.1 Å². The van der Waals surface area contributed by atoms with Gasteiger partial charge in [-0.3, -0.25) is 72.5 Å². The van der Waals surface area contributed by atoms with E-state index in [1.165, 1.54) is 79.1 Å². The summed E-state index contributed by atoms with van der Waals surface area (Å²) in [7, 11) is 0. The van der Waals surface area contributed by atoms with Crippen LogP contribution >= 0.6 is 37.9 Å². The van der Waals surface area contributed by atoms with E-state index in [1.807, 2.05) is 0 Å². The highest BCUT2D eigenvalue weighted by molar-refractivity contribution is 7.80. The molecular formula is C65H99N17O20S3. The van der Waals surface area contributed by atoms with Crippen molar-refractivity contribution in [2.24, 2.45) is 17.4 Å². The molecule has 0 bridgehead atoms. The Bertz CT molecular complexity index is 3400. The van der Waals surface area contributed by atoms with Crippen molar-refractivity contribution in [3.05, 3.63) is 59.7 Å². The van der Waals surface area contributed by atoms with Crippen LogP contribution in [-0.4, -0.2) is 269 Å². The number of benzene rings is 2. The van der Waals surface area contributed by atoms with Crippen LogP contribution in [0.2, 0.25) is 0 Å². The van der Waals surface area contributed by atoms with E-state index in [9.17, 15) is 97.8 Å². The van der Waals surface area contributed by atoms with Gasteiger partial charge in [0.25, 0.3) is 0 Å². The van der Waals surface area contributed by atoms with Crippen LogP contribution in [0.3, 0.4) is 0 Å². The fourth-order valence-electron chi connectivity index (χ4n) is 11.1. The van der Waals surface area contributed by atoms with Crippen molar-refractivity contribution in [1.82, 2.24) is 73.6 Å². The number of aliphatic hydroxyl groups is 3. The number of carboxylic acids is 1. The predicted octanol–water partition coefficient (Wildman–Crippen LogP) is -6.89. The molecule has 2 heterocycles. The van der Waals surface area contributed by atoms with Crippen LogP contribution in [0.4, 0.5) is 0 Å². The highest BCUT2D eigenvalue weighted by Gasteiger charge is 2.45. The number of nitrogens with one attached hydrogen (secondary N) is 13. The second kappa shape index (κ2) is 42.7. The van der Waals surface area contributed by atoms with E-state index >= 15 is 0 Å². The lowest BCUT2D eigenvalue weighted by atomic mass is 10.0. The van der Waals surface area contributed by atoms with Gasteiger partial charge in [-0.15, -0.1) is 0 Å². The Kier molecular flexibility index (Phi) is 35.8. The second-order valence-corrected chi connectivity index (χ2v) is 26.9. The molecule has 23 N–H and O–H groups in total. The number of carbonyl (C=O) groups is 14. The fourth-order valence-corrected chi connectivity index (χ4v) is 11.8. The van der Waals surface area contributed by atoms with Crippen LogP contribution in [0.1, 0.15) is 91.2 Å². The minimum absolute atomic E-state index is 0.00450. The van der Waals surface area contributed by atoms with Crippen LogP contribution in [-0.2, 0) is 80.0 Å². The first-order valence-corrected chi connectivity index (χ1v) is 35.7. The molecule has 2 fully saturated rings. The average molecular weight is 1530 g/mol. The molecule has 0 saturated carbocycles. The summed E-state index contributed by atoms with van der Waals surface area (Å²) < 4.78 is 0. The van der Waals surface area contributed by atoms with E-state index in [4.69, 9.17) is 16.9 Å². The standard InChI is InChI=1S/C65H99N17O20S3/c1-30(2)48(59(96)76-43(27-103)56(93)70-32(4)64(101)102)78-61(98)50(34(6)85)80-54(91)41(25-36-15-19-38(87)20-16-36)73-58(95)46-11-8-22-81(46)63(100)47-12-9-23-82(47)62(99)45(29-105)77-55(92)42(26-83)74-60(97)49(33(5)84)79-53(90)40(24-35-13-17-37(86)18-14-35)72-52(89)39(10-7-21-69-65(67)68)71-57(94)44(28-104)75-51(88)31(3)66/h13-20,30-34,39-50,83-87,103-105H,7-12,21-29,66H2,1-6H3,(H,70,93)(H,71,94)(H,72,89)(H,73,95)(H,74,97)(H,75,88)(H,76,96)(H,77,92)(H,78,98)(H,79,90)(H,80,91)(H,101,102)(H4,67,68,69)/t31-,32-,33+,34+,39-,40-,41-,42-,43-,44-,45-,46-,47-,48-,49?,50?/m0/s1. The minimum Gasteiger partial charge on any atom is -0.508 e. The maximum Gasteiger partial charge on any atom is 0.325 e. The Morgan fingerprint density at radius 2 is 0.895 bits per heavy atom. The predicted molar refractivity (Wildman–Crippen MR) is 387 cm³/mol. The second-order valence-electron chi connectivity index (χ2n) is 25.8. The molecule has 37 nitrogen and oxygen atoms in total. The Hall–Kier alpha value is -9.22. The fraction of sp³-hybridized carbons (Fsp3) is 0.585. The van der Waals surface area contributed by atoms with Gasteiger partial charge in [0.05, 0.1) is 24.9 Å². The zero-order valence-electron chi connectivity index (χ0n) is 58.8. The lowest BCUT2D eigenvalue weighted by Gasteiger charge is -2.33. The third-order valence-corrected chi connectivity index (χ3v) is 18.1. The number of thiol groups is 3. The van der Waals surface area contributed by atoms with Gasteiger partial charge in [-0.1, -0.05) is 38.1 Å². The largest absolute Gasteiger partial charge is 0.508 e. The summed E-state index contributed by atoms with van der Waals surface area (Å²) in [6, 6.07) is -9.64. The number of aliphatic hydroxyl groups excluding tert-OH is 3. The van der Waals surface area contributed by atoms with E-state index < -0.39 is 198 Å². The third kappa shape index (κ3) is 27.0. The normalized spacial score (nSPS) is 18.1. The molecule has 13 amide bonds. The van der Waals surface area contributed by atoms with Crippen molar-refractivity contribution < 1.29 is 97.8 Å². The topological polar surface area (TPSA) is 587 Å². The molecule has 0 aliphatic carbocycles. The number of carboxylic acid groups (broad SMARTS) is 1. The molecule has 2 aliphatic rings. The molecule has 40 heteroatoms. The number of aliphatic carboxylic acids is 1. The number of phenols is 2. The summed E-state index contributed by atoms with van der Waals surface area (Å²) in [5.41, 5.74) is 11.8. The van der Waals surface area contributed by atoms with Crippen LogP contribution in [0.15, 0.2) is 48.5 Å². The van der Waals surface area contributed by atoms with Gasteiger partial charge in [-0.2, -0.15) is 37.9 Å². The number of hydrogen-bond acceptors (Lipinski definition) is 24. The summed E-state index contributed by atoms with van der Waals surface area (Å²) in [6.45, 7) is 6.86. The summed E-state index contributed by atoms with van der Waals surface area (Å²) in [5, 5.41) is 98.5. The molecule has 0 radical (unpaired) electrons. The van der Waals surface area contributed by atoms with Crippen molar-refractivity contribution in [1.29, 1.82) is 5.41 Å². The Balaban J connectivity index is 1.51. The Morgan fingerprint density at radius 1 is 0.505 bits per heavy atom. The van der Waals surface area contributed by atoms with Gasteiger partial charge in [-0.05, 0) is 108 Å². The van der Waals surface area contributed by atoms with E-state index in [-0.39, 0.29) is 100.0 Å². The van der Waals surface area contributed by atoms with Crippen LogP contribution in [0.5, 0.6) is 11.5 Å². The van der Waals surface area contributed by atoms with E-state index in [1.54, 1.807) is 13.8 Å². The first-order valence-electron chi connectivity index (χ1n) is 33.8. The number of phenolic OH excluding ortho intramolecular Hbond substituents is 2. The monoisotopic (exact) mass is 1530 g/mol. The number of nitrogens with zero attached hydrogens (tertiary/aromatic N) is 2. The summed E-state index contributed by atoms with van der Waals surface area (Å²) >= 11 is 12.6. The molecule has 105 heavy (non-hydrogen) atoms. The highest BCUT2D eigenvalue weighted by atomic mass is 32.1. The number of hydrogen-bond donors (Lipinski definition) is 24. The van der Waals surface area contributed by atoms with Gasteiger partial charge in [0.15, 0.2) is 5.96 Å². The number of amides is 13. The molecule has 2 unspecified atom stereocenters. The van der Waals surface area contributed by atoms with Gasteiger partial charge < -0.3 is 116 Å². The number of guanidine groups is 1. The number of aromatic hydroxyl groups is 2. The van der Waals surface area contributed by atoms with Crippen molar-refractivity contribution in [2.45, 2.75) is 190 Å².